The van der Waals surface area contributed by atoms with Gasteiger partial charge in [-0.15, -0.1) is 0 Å². The molecule has 1 saturated heterocycles. The summed E-state index contributed by atoms with van der Waals surface area (Å²) >= 11 is 0. The monoisotopic (exact) mass is 480 g/mol. The van der Waals surface area contributed by atoms with E-state index in [9.17, 15) is 14.0 Å². The number of fused-ring (bicyclic) bond motifs is 1. The smallest absolute Gasteiger partial charge is 0.335 e. The zero-order valence-corrected chi connectivity index (χ0v) is 19.3. The quantitative estimate of drug-likeness (QED) is 0.317. The second-order valence-corrected chi connectivity index (χ2v) is 12.2. The van der Waals surface area contributed by atoms with Gasteiger partial charge in [0, 0.05) is 23.5 Å². The Labute approximate surface area is 184 Å². The lowest BCUT2D eigenvalue weighted by Gasteiger charge is -2.22. The van der Waals surface area contributed by atoms with Crippen molar-refractivity contribution in [2.45, 2.75) is 32.2 Å². The van der Waals surface area contributed by atoms with Crippen LogP contribution in [0.5, 0.6) is 0 Å². The van der Waals surface area contributed by atoms with E-state index in [4.69, 9.17) is 19.8 Å². The van der Waals surface area contributed by atoms with E-state index in [1.54, 1.807) is 18.5 Å². The summed E-state index contributed by atoms with van der Waals surface area (Å²) in [4.78, 5) is 42.2. The second kappa shape index (κ2) is 9.02. The molecule has 11 nitrogen and oxygen atoms in total. The van der Waals surface area contributed by atoms with Crippen LogP contribution in [0.4, 0.5) is 11.5 Å². The molecular weight excluding hydrogens is 454 g/mol. The Morgan fingerprint density at radius 1 is 1.12 bits per heavy atom. The number of aryl methyl sites for hydroxylation is 1. The van der Waals surface area contributed by atoms with Crippen molar-refractivity contribution in [3.8, 4) is 0 Å². The highest BCUT2D eigenvalue weighted by Gasteiger charge is 2.31. The number of hydrogen-bond donors (Lipinski definition) is 5. The van der Waals surface area contributed by atoms with Crippen LogP contribution in [0.3, 0.4) is 0 Å². The average Bonchev–Trinajstić information content (AvgIpc) is 3.16. The Balaban J connectivity index is 1.65. The van der Waals surface area contributed by atoms with Crippen molar-refractivity contribution < 1.29 is 23.8 Å². The Hall–Kier alpha value is -2.13. The van der Waals surface area contributed by atoms with E-state index in [1.807, 2.05) is 11.5 Å². The number of hydrogen-bond acceptors (Lipinski definition) is 7. The van der Waals surface area contributed by atoms with E-state index in [-0.39, 0.29) is 11.2 Å². The molecule has 1 aliphatic rings. The van der Waals surface area contributed by atoms with Crippen molar-refractivity contribution in [2.75, 3.05) is 24.3 Å². The molecule has 0 bridgehead atoms. The molecule has 0 aliphatic carbocycles. The summed E-state index contributed by atoms with van der Waals surface area (Å²) in [5, 5.41) is 6.54. The van der Waals surface area contributed by atoms with Gasteiger partial charge in [-0.2, -0.15) is 0 Å². The van der Waals surface area contributed by atoms with Crippen molar-refractivity contribution in [2.24, 2.45) is 0 Å². The van der Waals surface area contributed by atoms with Crippen LogP contribution in [0.1, 0.15) is 31.5 Å². The zero-order chi connectivity index (χ0) is 22.9. The molecule has 3 aromatic rings. The van der Waals surface area contributed by atoms with Gasteiger partial charge in [0.05, 0.1) is 6.33 Å². The minimum Gasteiger partial charge on any atom is -0.341 e. The highest BCUT2D eigenvalue weighted by Crippen LogP contribution is 2.53. The number of benzene rings is 1. The summed E-state index contributed by atoms with van der Waals surface area (Å²) in [7, 11) is -8.80. The summed E-state index contributed by atoms with van der Waals surface area (Å²) in [5.74, 6) is 0.463. The highest BCUT2D eigenvalue weighted by molar-refractivity contribution is 7.77. The molecule has 0 amide bonds. The first-order valence-corrected chi connectivity index (χ1v) is 14.0. The molecule has 1 unspecified atom stereocenters. The Morgan fingerprint density at radius 3 is 2.44 bits per heavy atom. The van der Waals surface area contributed by atoms with Crippen LogP contribution in [0.2, 0.25) is 0 Å². The van der Waals surface area contributed by atoms with Gasteiger partial charge >= 0.3 is 7.60 Å². The van der Waals surface area contributed by atoms with Gasteiger partial charge in [-0.25, -0.2) is 15.0 Å². The van der Waals surface area contributed by atoms with Gasteiger partial charge in [0.1, 0.15) is 11.7 Å². The van der Waals surface area contributed by atoms with Crippen LogP contribution in [0, 0.1) is 0 Å². The third-order valence-corrected chi connectivity index (χ3v) is 9.55. The number of nitrogens with one attached hydrogen (secondary N) is 2. The lowest BCUT2D eigenvalue weighted by Crippen LogP contribution is -2.27. The highest BCUT2D eigenvalue weighted by atomic mass is 31.2. The molecule has 1 aliphatic heterocycles. The van der Waals surface area contributed by atoms with E-state index in [1.165, 1.54) is 12.1 Å². The zero-order valence-electron chi connectivity index (χ0n) is 17.5. The number of imidazole rings is 1. The fourth-order valence-corrected chi connectivity index (χ4v) is 7.05. The van der Waals surface area contributed by atoms with Crippen LogP contribution in [-0.4, -0.2) is 53.2 Å². The molecule has 0 spiro atoms. The second-order valence-electron chi connectivity index (χ2n) is 7.84. The molecule has 32 heavy (non-hydrogen) atoms. The minimum atomic E-state index is -4.63. The SMILES string of the molecule is CCn1cnc2c(Nc3ccc(P(=O)(O)CP(=O)(O)O)cc3)nc(C3CCNCC3)nc21. The number of anilines is 2. The van der Waals surface area contributed by atoms with Gasteiger partial charge < -0.3 is 29.9 Å². The molecule has 0 saturated carbocycles. The summed E-state index contributed by atoms with van der Waals surface area (Å²) in [6, 6.07) is 5.92. The standard InChI is InChI=1S/C19H26N6O5P2/c1-2-25-11-21-16-18(23-17(24-19(16)25)13-7-9-20-10-8-13)22-14-3-5-15(6-4-14)31(26,27)12-32(28,29)30/h3-6,11,13,20H,2,7-10,12H2,1H3,(H,26,27)(H,22,23,24)(H2,28,29,30). The minimum absolute atomic E-state index is 0.0233. The van der Waals surface area contributed by atoms with Crippen LogP contribution in [0.25, 0.3) is 11.2 Å². The maximum atomic E-state index is 12.3. The molecular formula is C19H26N6O5P2. The van der Waals surface area contributed by atoms with Gasteiger partial charge in [0.15, 0.2) is 17.0 Å². The van der Waals surface area contributed by atoms with Gasteiger partial charge in [-0.1, -0.05) is 0 Å². The number of nitrogens with zero attached hydrogens (tertiary/aromatic N) is 4. The summed E-state index contributed by atoms with van der Waals surface area (Å²) < 4.78 is 25.5. The van der Waals surface area contributed by atoms with Crippen molar-refractivity contribution in [3.05, 3.63) is 36.4 Å². The maximum Gasteiger partial charge on any atom is 0.335 e. The summed E-state index contributed by atoms with van der Waals surface area (Å²) in [6.07, 6.45) is 3.63. The van der Waals surface area contributed by atoms with E-state index in [0.717, 1.165) is 43.9 Å². The largest absolute Gasteiger partial charge is 0.341 e. The van der Waals surface area contributed by atoms with Crippen molar-refractivity contribution >= 4 is 42.9 Å². The third kappa shape index (κ3) is 5.09. The number of aromatic nitrogens is 4. The van der Waals surface area contributed by atoms with Gasteiger partial charge in [0.2, 0.25) is 7.37 Å². The molecule has 172 valence electrons. The van der Waals surface area contributed by atoms with E-state index < -0.39 is 20.9 Å². The molecule has 0 radical (unpaired) electrons. The van der Waals surface area contributed by atoms with Crippen LogP contribution in [0.15, 0.2) is 30.6 Å². The predicted molar refractivity (Wildman–Crippen MR) is 122 cm³/mol. The first kappa shape index (κ1) is 23.0. The molecule has 13 heteroatoms. The van der Waals surface area contributed by atoms with Crippen LogP contribution in [-0.2, 0) is 15.7 Å². The molecule has 1 fully saturated rings. The first-order valence-electron chi connectivity index (χ1n) is 10.3. The summed E-state index contributed by atoms with van der Waals surface area (Å²) in [5.41, 5.74) is 1.98. The van der Waals surface area contributed by atoms with Gasteiger partial charge in [0.25, 0.3) is 0 Å². The van der Waals surface area contributed by atoms with E-state index in [0.29, 0.717) is 17.0 Å². The molecule has 2 aromatic heterocycles. The maximum absolute atomic E-state index is 12.3. The summed E-state index contributed by atoms with van der Waals surface area (Å²) in [6.45, 7) is 4.57. The lowest BCUT2D eigenvalue weighted by molar-refractivity contribution is 0.376. The Morgan fingerprint density at radius 2 is 1.81 bits per heavy atom. The molecule has 5 N–H and O–H groups in total. The Bertz CT molecular complexity index is 1200. The van der Waals surface area contributed by atoms with Crippen LogP contribution < -0.4 is 15.9 Å². The van der Waals surface area contributed by atoms with Crippen molar-refractivity contribution in [1.29, 1.82) is 0 Å². The van der Waals surface area contributed by atoms with Crippen LogP contribution >= 0.6 is 15.0 Å². The fraction of sp³-hybridized carbons (Fsp3) is 0.421. The molecule has 4 rings (SSSR count). The van der Waals surface area contributed by atoms with E-state index in [2.05, 4.69) is 15.6 Å². The number of piperidine rings is 1. The lowest BCUT2D eigenvalue weighted by atomic mass is 9.97. The fourth-order valence-electron chi connectivity index (χ4n) is 3.79. The Kier molecular flexibility index (Phi) is 6.49. The molecule has 3 heterocycles. The van der Waals surface area contributed by atoms with E-state index >= 15 is 0 Å². The predicted octanol–water partition coefficient (Wildman–Crippen LogP) is 2.09. The number of rotatable bonds is 7. The van der Waals surface area contributed by atoms with Gasteiger partial charge in [-0.3, -0.25) is 9.13 Å². The van der Waals surface area contributed by atoms with Crippen molar-refractivity contribution in [1.82, 2.24) is 24.8 Å². The normalized spacial score (nSPS) is 17.4. The van der Waals surface area contributed by atoms with Crippen molar-refractivity contribution in [3.63, 3.8) is 0 Å². The third-order valence-electron chi connectivity index (χ3n) is 5.44. The van der Waals surface area contributed by atoms with Gasteiger partial charge in [-0.05, 0) is 57.1 Å². The average molecular weight is 480 g/mol. The topological polar surface area (TPSA) is 162 Å². The molecule has 1 atom stereocenters. The molecule has 1 aromatic carbocycles. The first-order chi connectivity index (χ1) is 15.2.